The van der Waals surface area contributed by atoms with Crippen LogP contribution in [-0.2, 0) is 14.8 Å². The van der Waals surface area contributed by atoms with Crippen LogP contribution in [0.15, 0.2) is 18.2 Å². The fraction of sp³-hybridized carbons (Fsp3) is 0.652. The highest BCUT2D eigenvalue weighted by atomic mass is 32.2. The highest BCUT2D eigenvalue weighted by Gasteiger charge is 2.35. The van der Waals surface area contributed by atoms with Gasteiger partial charge in [0.1, 0.15) is 12.4 Å². The summed E-state index contributed by atoms with van der Waals surface area (Å²) in [5.74, 6) is -2.70. The second-order valence-corrected chi connectivity index (χ2v) is 11.3. The Balaban J connectivity index is 2.46. The largest absolute Gasteiger partial charge is 0.491 e. The van der Waals surface area contributed by atoms with Gasteiger partial charge in [0.15, 0.2) is 5.75 Å². The molecule has 1 aromatic carbocycles. The van der Waals surface area contributed by atoms with Gasteiger partial charge >= 0.3 is 12.2 Å². The molecule has 37 heavy (non-hydrogen) atoms. The van der Waals surface area contributed by atoms with E-state index in [0.29, 0.717) is 6.54 Å². The number of benzene rings is 1. The molecule has 2 rings (SSSR count). The van der Waals surface area contributed by atoms with Gasteiger partial charge in [-0.25, -0.2) is 13.2 Å². The summed E-state index contributed by atoms with van der Waals surface area (Å²) < 4.78 is 75.2. The monoisotopic (exact) mass is 552 g/mol. The number of rotatable bonds is 5. The van der Waals surface area contributed by atoms with E-state index in [4.69, 9.17) is 9.47 Å². The van der Waals surface area contributed by atoms with E-state index < -0.39 is 40.0 Å². The zero-order chi connectivity index (χ0) is 28.1. The van der Waals surface area contributed by atoms with Crippen molar-refractivity contribution in [2.24, 2.45) is 5.92 Å². The van der Waals surface area contributed by atoms with Crippen LogP contribution in [0.3, 0.4) is 0 Å². The van der Waals surface area contributed by atoms with E-state index in [1.54, 1.807) is 11.8 Å². The maximum absolute atomic E-state index is 13.3. The van der Waals surface area contributed by atoms with Crippen LogP contribution in [0.2, 0.25) is 0 Å². The Kier molecular flexibility index (Phi) is 10.1. The molecule has 0 radical (unpaired) electrons. The zero-order valence-electron chi connectivity index (χ0n) is 21.8. The first kappa shape index (κ1) is 30.5. The average molecular weight is 553 g/mol. The van der Waals surface area contributed by atoms with Crippen molar-refractivity contribution in [3.05, 3.63) is 23.8 Å². The highest BCUT2D eigenvalue weighted by Crippen LogP contribution is 2.28. The second kappa shape index (κ2) is 12.2. The Bertz CT molecular complexity index is 1070. The van der Waals surface area contributed by atoms with Gasteiger partial charge in [0, 0.05) is 44.9 Å². The van der Waals surface area contributed by atoms with Crippen molar-refractivity contribution in [2.75, 3.05) is 44.3 Å². The number of fused-ring (bicyclic) bond motifs is 1. The molecule has 0 bridgehead atoms. The molecule has 0 saturated heterocycles. The molecule has 210 valence electrons. The Labute approximate surface area is 215 Å². The SMILES string of the molecule is CO[C@@H]1CN(C)C(=O)c2cc(NS(=O)(=O)CC(F)(F)F)ccc2OC[C@H](C)N(C(=O)NC(C)C)C[C@H]1C. The molecule has 0 unspecified atom stereocenters. The number of halogens is 3. The van der Waals surface area contributed by atoms with Gasteiger partial charge < -0.3 is 24.6 Å². The molecule has 0 aliphatic carbocycles. The Morgan fingerprint density at radius 2 is 1.89 bits per heavy atom. The molecular formula is C23H35F3N4O6S. The average Bonchev–Trinajstić information content (AvgIpc) is 2.75. The van der Waals surface area contributed by atoms with Crippen molar-refractivity contribution in [2.45, 2.75) is 52.1 Å². The number of methoxy groups -OCH3 is 1. The fourth-order valence-electron chi connectivity index (χ4n) is 3.88. The number of carbonyl (C=O) groups excluding carboxylic acids is 2. The minimum Gasteiger partial charge on any atom is -0.491 e. The van der Waals surface area contributed by atoms with Crippen molar-refractivity contribution in [1.82, 2.24) is 15.1 Å². The summed E-state index contributed by atoms with van der Waals surface area (Å²) in [7, 11) is -1.74. The van der Waals surface area contributed by atoms with Crippen molar-refractivity contribution in [1.29, 1.82) is 0 Å². The summed E-state index contributed by atoms with van der Waals surface area (Å²) in [5.41, 5.74) is -0.272. The third-order valence-electron chi connectivity index (χ3n) is 5.74. The van der Waals surface area contributed by atoms with Crippen LogP contribution >= 0.6 is 0 Å². The Hall–Kier alpha value is -2.74. The fourth-order valence-corrected chi connectivity index (χ4v) is 4.87. The summed E-state index contributed by atoms with van der Waals surface area (Å²) in [6, 6.07) is 2.83. The van der Waals surface area contributed by atoms with Gasteiger partial charge in [0.25, 0.3) is 5.91 Å². The van der Waals surface area contributed by atoms with E-state index in [0.717, 1.165) is 6.07 Å². The Morgan fingerprint density at radius 3 is 2.46 bits per heavy atom. The summed E-state index contributed by atoms with van der Waals surface area (Å²) >= 11 is 0. The van der Waals surface area contributed by atoms with Gasteiger partial charge in [-0.1, -0.05) is 6.92 Å². The van der Waals surface area contributed by atoms with Crippen LogP contribution in [-0.4, -0.2) is 94.1 Å². The molecule has 0 saturated carbocycles. The van der Waals surface area contributed by atoms with E-state index in [-0.39, 0.29) is 48.1 Å². The molecule has 1 heterocycles. The van der Waals surface area contributed by atoms with Crippen LogP contribution in [0, 0.1) is 5.92 Å². The van der Waals surface area contributed by atoms with Crippen molar-refractivity contribution in [3.63, 3.8) is 0 Å². The smallest absolute Gasteiger partial charge is 0.404 e. The maximum atomic E-state index is 13.3. The van der Waals surface area contributed by atoms with E-state index in [1.807, 2.05) is 25.5 Å². The van der Waals surface area contributed by atoms with Gasteiger partial charge in [-0.15, -0.1) is 0 Å². The number of sulfonamides is 1. The summed E-state index contributed by atoms with van der Waals surface area (Å²) in [6.07, 6.45) is -5.38. The van der Waals surface area contributed by atoms with Crippen molar-refractivity contribution >= 4 is 27.6 Å². The number of hydrogen-bond acceptors (Lipinski definition) is 6. The quantitative estimate of drug-likeness (QED) is 0.580. The molecule has 1 aliphatic heterocycles. The minimum absolute atomic E-state index is 0.000966. The van der Waals surface area contributed by atoms with Gasteiger partial charge in [-0.2, -0.15) is 13.2 Å². The number of hydrogen-bond donors (Lipinski definition) is 2. The zero-order valence-corrected chi connectivity index (χ0v) is 22.6. The number of anilines is 1. The number of carbonyl (C=O) groups is 2. The summed E-state index contributed by atoms with van der Waals surface area (Å²) in [6.45, 7) is 7.82. The van der Waals surface area contributed by atoms with Crippen molar-refractivity contribution in [3.8, 4) is 5.75 Å². The predicted molar refractivity (Wildman–Crippen MR) is 132 cm³/mol. The first-order valence-corrected chi connectivity index (χ1v) is 13.4. The lowest BCUT2D eigenvalue weighted by molar-refractivity contribution is -0.106. The van der Waals surface area contributed by atoms with Crippen molar-refractivity contribution < 1.29 is 40.7 Å². The van der Waals surface area contributed by atoms with E-state index in [2.05, 4.69) is 5.32 Å². The van der Waals surface area contributed by atoms with E-state index >= 15 is 0 Å². The van der Waals surface area contributed by atoms with E-state index in [9.17, 15) is 31.2 Å². The van der Waals surface area contributed by atoms with Crippen LogP contribution in [0.4, 0.5) is 23.7 Å². The molecule has 1 aliphatic rings. The lowest BCUT2D eigenvalue weighted by Crippen LogP contribution is -2.52. The van der Waals surface area contributed by atoms with Crippen LogP contribution in [0.1, 0.15) is 38.1 Å². The number of urea groups is 1. The van der Waals surface area contributed by atoms with E-state index in [1.165, 1.54) is 31.2 Å². The highest BCUT2D eigenvalue weighted by molar-refractivity contribution is 7.92. The third-order valence-corrected chi connectivity index (χ3v) is 7.00. The standard InChI is InChI=1S/C23H35F3N4O6S/c1-14(2)27-22(32)30-10-15(3)20(35-6)11-29(5)21(31)18-9-17(7-8-19(18)36-12-16(30)4)28-37(33,34)13-23(24,25)26/h7-9,14-16,20,28H,10-13H2,1-6H3,(H,27,32)/t15-,16+,20-/m1/s1. The van der Waals surface area contributed by atoms with Crippen LogP contribution < -0.4 is 14.8 Å². The van der Waals surface area contributed by atoms with Crippen LogP contribution in [0.5, 0.6) is 5.75 Å². The Morgan fingerprint density at radius 1 is 1.24 bits per heavy atom. The molecule has 1 aromatic rings. The normalized spacial score (nSPS) is 22.0. The molecule has 0 spiro atoms. The molecular weight excluding hydrogens is 517 g/mol. The molecule has 3 atom stereocenters. The first-order valence-electron chi connectivity index (χ1n) is 11.7. The number of ether oxygens (including phenoxy) is 2. The lowest BCUT2D eigenvalue weighted by Gasteiger charge is -2.36. The first-order chi connectivity index (χ1) is 17.0. The van der Waals surface area contributed by atoms with Crippen LogP contribution in [0.25, 0.3) is 0 Å². The third kappa shape index (κ3) is 8.95. The van der Waals surface area contributed by atoms with Gasteiger partial charge in [0.05, 0.1) is 17.7 Å². The van der Waals surface area contributed by atoms with Gasteiger partial charge in [0.2, 0.25) is 10.0 Å². The number of likely N-dealkylation sites (N-methyl/N-ethyl adjacent to an activating group) is 1. The van der Waals surface area contributed by atoms with Gasteiger partial charge in [-0.3, -0.25) is 9.52 Å². The molecule has 0 aromatic heterocycles. The molecule has 0 fully saturated rings. The number of alkyl halides is 3. The second-order valence-electron chi connectivity index (χ2n) is 9.54. The molecule has 3 amide bonds. The number of nitrogens with one attached hydrogen (secondary N) is 2. The van der Waals surface area contributed by atoms with Gasteiger partial charge in [-0.05, 0) is 39.0 Å². The number of nitrogens with zero attached hydrogens (tertiary/aromatic N) is 2. The maximum Gasteiger partial charge on any atom is 0.404 e. The molecule has 10 nitrogen and oxygen atoms in total. The summed E-state index contributed by atoms with van der Waals surface area (Å²) in [4.78, 5) is 29.2. The topological polar surface area (TPSA) is 117 Å². The molecule has 14 heteroatoms. The summed E-state index contributed by atoms with van der Waals surface area (Å²) in [5, 5.41) is 2.87. The minimum atomic E-state index is -4.93. The molecule has 2 N–H and O–H groups in total. The predicted octanol–water partition coefficient (Wildman–Crippen LogP) is 2.91. The lowest BCUT2D eigenvalue weighted by atomic mass is 10.0. The number of amides is 3.